The number of benzene rings is 1. The largest absolute Gasteiger partial charge is 0.394 e. The predicted molar refractivity (Wildman–Crippen MR) is 129 cm³/mol. The summed E-state index contributed by atoms with van der Waals surface area (Å²) < 4.78 is 49.1. The molecule has 0 bridgehead atoms. The summed E-state index contributed by atoms with van der Waals surface area (Å²) in [4.78, 5) is 0. The fourth-order valence-corrected chi connectivity index (χ4v) is 5.32. The Morgan fingerprint density at radius 2 is 1.97 bits per heavy atom. The number of aliphatic hydroxyl groups excluding tert-OH is 2. The highest BCUT2D eigenvalue weighted by atomic mass is 35.5. The van der Waals surface area contributed by atoms with Gasteiger partial charge in [0.25, 0.3) is 0 Å². The first-order valence-corrected chi connectivity index (χ1v) is 12.6. The Balaban J connectivity index is 1.43. The number of hydrogen-bond acceptors (Lipinski definition) is 9. The molecule has 14 heteroatoms. The van der Waals surface area contributed by atoms with Crippen LogP contribution in [0.3, 0.4) is 0 Å². The van der Waals surface area contributed by atoms with E-state index in [9.17, 15) is 19.0 Å². The molecule has 2 N–H and O–H groups in total. The van der Waals surface area contributed by atoms with Crippen LogP contribution in [-0.4, -0.2) is 91.0 Å². The third-order valence-corrected chi connectivity index (χ3v) is 7.98. The number of halogens is 3. The standard InChI is InChI=1S/C24H29ClF2N6O5/c1-12-24(2,6-7-37-12)33-9-13(28-31-33)8-17-23(36-3)21(22(35)18(11-34)38-17)32-10-16(29-30-32)14-4-5-15(25)20(27)19(14)26/h4-5,9-10,12,17-18,21-23,34-35H,6-8,11H2,1-3H3/t12-,17+,18+,21-,22-,23-,24+/m0/s1. The summed E-state index contributed by atoms with van der Waals surface area (Å²) in [5.41, 5.74) is 0.188. The Labute approximate surface area is 222 Å². The van der Waals surface area contributed by atoms with Crippen LogP contribution in [0.2, 0.25) is 5.02 Å². The molecule has 4 heterocycles. The smallest absolute Gasteiger partial charge is 0.178 e. The summed E-state index contributed by atoms with van der Waals surface area (Å²) in [7, 11) is 1.46. The van der Waals surface area contributed by atoms with Gasteiger partial charge in [0, 0.05) is 31.9 Å². The van der Waals surface area contributed by atoms with Gasteiger partial charge in [0.1, 0.15) is 30.0 Å². The molecule has 3 aromatic rings. The fraction of sp³-hybridized carbons (Fsp3) is 0.583. The highest BCUT2D eigenvalue weighted by molar-refractivity contribution is 6.30. The van der Waals surface area contributed by atoms with E-state index in [0.29, 0.717) is 12.3 Å². The number of ether oxygens (including phenoxy) is 3. The lowest BCUT2D eigenvalue weighted by Crippen LogP contribution is -2.57. The maximum atomic E-state index is 14.5. The number of methoxy groups -OCH3 is 1. The van der Waals surface area contributed by atoms with Gasteiger partial charge in [0.05, 0.1) is 41.3 Å². The summed E-state index contributed by atoms with van der Waals surface area (Å²) in [6.07, 6.45) is 0.614. The maximum absolute atomic E-state index is 14.5. The Hall–Kier alpha value is -2.55. The molecule has 5 rings (SSSR count). The number of rotatable bonds is 7. The SMILES string of the molecule is CO[C@@H]1[C@@H](n2cc(-c3ccc(Cl)c(F)c3F)nn2)[C@@H](O)[C@@H](CO)O[C@@H]1Cc1cn([C@]2(C)CCO[C@H]2C)nn1. The van der Waals surface area contributed by atoms with E-state index in [1.165, 1.54) is 30.1 Å². The van der Waals surface area contributed by atoms with Gasteiger partial charge in [-0.15, -0.1) is 10.2 Å². The van der Waals surface area contributed by atoms with Crippen molar-refractivity contribution in [1.29, 1.82) is 0 Å². The number of aromatic nitrogens is 6. The van der Waals surface area contributed by atoms with E-state index in [1.54, 1.807) is 4.68 Å². The molecule has 2 aromatic heterocycles. The third kappa shape index (κ3) is 4.61. The van der Waals surface area contributed by atoms with Crippen molar-refractivity contribution in [2.24, 2.45) is 0 Å². The van der Waals surface area contributed by atoms with E-state index >= 15 is 0 Å². The zero-order valence-corrected chi connectivity index (χ0v) is 21.8. The normalized spacial score (nSPS) is 31.7. The van der Waals surface area contributed by atoms with Crippen molar-refractivity contribution < 1.29 is 33.2 Å². The van der Waals surface area contributed by atoms with E-state index in [2.05, 4.69) is 27.5 Å². The number of hydrogen-bond donors (Lipinski definition) is 2. The molecule has 38 heavy (non-hydrogen) atoms. The van der Waals surface area contributed by atoms with Crippen LogP contribution in [0.1, 0.15) is 32.0 Å². The molecule has 11 nitrogen and oxygen atoms in total. The van der Waals surface area contributed by atoms with Crippen molar-refractivity contribution in [3.8, 4) is 11.3 Å². The average molecular weight is 555 g/mol. The first kappa shape index (κ1) is 27.0. The quantitative estimate of drug-likeness (QED) is 0.421. The minimum absolute atomic E-state index is 0.0338. The molecule has 0 saturated carbocycles. The molecule has 0 spiro atoms. The molecule has 0 radical (unpaired) electrons. The van der Waals surface area contributed by atoms with Crippen LogP contribution in [0.25, 0.3) is 11.3 Å². The van der Waals surface area contributed by atoms with Gasteiger partial charge in [-0.05, 0) is 32.4 Å². The van der Waals surface area contributed by atoms with Crippen molar-refractivity contribution >= 4 is 11.6 Å². The Kier molecular flexibility index (Phi) is 7.50. The van der Waals surface area contributed by atoms with Gasteiger partial charge < -0.3 is 24.4 Å². The van der Waals surface area contributed by atoms with Gasteiger partial charge in [-0.2, -0.15) is 0 Å². The number of nitrogens with zero attached hydrogens (tertiary/aromatic N) is 6. The second-order valence-corrected chi connectivity index (χ2v) is 10.3. The molecular weight excluding hydrogens is 526 g/mol. The molecule has 2 aliphatic rings. The molecule has 206 valence electrons. The second kappa shape index (κ2) is 10.5. The average Bonchev–Trinajstić information content (AvgIpc) is 3.65. The molecule has 7 atom stereocenters. The molecule has 0 unspecified atom stereocenters. The van der Waals surface area contributed by atoms with E-state index in [1.807, 2.05) is 13.1 Å². The number of aliphatic hydroxyl groups is 2. The van der Waals surface area contributed by atoms with Crippen LogP contribution in [0, 0.1) is 11.6 Å². The van der Waals surface area contributed by atoms with Crippen LogP contribution in [-0.2, 0) is 26.2 Å². The van der Waals surface area contributed by atoms with E-state index in [0.717, 1.165) is 6.42 Å². The van der Waals surface area contributed by atoms with Crippen LogP contribution >= 0.6 is 11.6 Å². The molecule has 0 aliphatic carbocycles. The molecule has 2 fully saturated rings. The minimum Gasteiger partial charge on any atom is -0.394 e. The van der Waals surface area contributed by atoms with Crippen LogP contribution in [0.5, 0.6) is 0 Å². The topological polar surface area (TPSA) is 130 Å². The van der Waals surface area contributed by atoms with E-state index in [4.69, 9.17) is 25.8 Å². The van der Waals surface area contributed by atoms with Gasteiger partial charge in [-0.25, -0.2) is 18.1 Å². The van der Waals surface area contributed by atoms with Crippen molar-refractivity contribution in [3.05, 3.63) is 46.9 Å². The van der Waals surface area contributed by atoms with Crippen molar-refractivity contribution in [1.82, 2.24) is 30.0 Å². The molecule has 1 aromatic carbocycles. The highest BCUT2D eigenvalue weighted by Crippen LogP contribution is 2.36. The van der Waals surface area contributed by atoms with Gasteiger partial charge in [0.2, 0.25) is 0 Å². The van der Waals surface area contributed by atoms with Crippen molar-refractivity contribution in [2.45, 2.75) is 68.8 Å². The van der Waals surface area contributed by atoms with E-state index < -0.39 is 48.7 Å². The van der Waals surface area contributed by atoms with Crippen LogP contribution < -0.4 is 0 Å². The van der Waals surface area contributed by atoms with Crippen LogP contribution in [0.4, 0.5) is 8.78 Å². The molecule has 0 amide bonds. The first-order chi connectivity index (χ1) is 18.2. The monoisotopic (exact) mass is 554 g/mol. The summed E-state index contributed by atoms with van der Waals surface area (Å²) in [6.45, 7) is 4.22. The van der Waals surface area contributed by atoms with Gasteiger partial charge in [-0.3, -0.25) is 0 Å². The third-order valence-electron chi connectivity index (χ3n) is 7.69. The zero-order valence-electron chi connectivity index (χ0n) is 21.0. The van der Waals surface area contributed by atoms with Gasteiger partial charge in [0.15, 0.2) is 11.6 Å². The van der Waals surface area contributed by atoms with Gasteiger partial charge >= 0.3 is 0 Å². The molecular formula is C24H29ClF2N6O5. The maximum Gasteiger partial charge on any atom is 0.178 e. The fourth-order valence-electron chi connectivity index (χ4n) is 5.17. The molecule has 2 aliphatic heterocycles. The molecule has 2 saturated heterocycles. The Bertz CT molecular complexity index is 1290. The van der Waals surface area contributed by atoms with Crippen molar-refractivity contribution in [2.75, 3.05) is 20.3 Å². The second-order valence-electron chi connectivity index (χ2n) is 9.86. The Morgan fingerprint density at radius 1 is 1.18 bits per heavy atom. The highest BCUT2D eigenvalue weighted by Gasteiger charge is 2.47. The lowest BCUT2D eigenvalue weighted by molar-refractivity contribution is -0.212. The van der Waals surface area contributed by atoms with E-state index in [-0.39, 0.29) is 34.3 Å². The van der Waals surface area contributed by atoms with Crippen LogP contribution in [0.15, 0.2) is 24.5 Å². The van der Waals surface area contributed by atoms with Gasteiger partial charge in [-0.1, -0.05) is 22.0 Å². The predicted octanol–water partition coefficient (Wildman–Crippen LogP) is 1.91. The first-order valence-electron chi connectivity index (χ1n) is 12.2. The zero-order chi connectivity index (χ0) is 27.2. The lowest BCUT2D eigenvalue weighted by Gasteiger charge is -2.43. The summed E-state index contributed by atoms with van der Waals surface area (Å²) in [6, 6.07) is 1.65. The summed E-state index contributed by atoms with van der Waals surface area (Å²) in [5.74, 6) is -2.36. The summed E-state index contributed by atoms with van der Waals surface area (Å²) >= 11 is 5.66. The summed E-state index contributed by atoms with van der Waals surface area (Å²) in [5, 5.41) is 37.3. The van der Waals surface area contributed by atoms with Crippen molar-refractivity contribution in [3.63, 3.8) is 0 Å². The Morgan fingerprint density at radius 3 is 2.66 bits per heavy atom. The lowest BCUT2D eigenvalue weighted by atomic mass is 9.90. The minimum atomic E-state index is -1.24.